The molecular formula is C22H28N2O3S. The molecule has 1 fully saturated rings. The molecule has 150 valence electrons. The first-order chi connectivity index (χ1) is 13.3. The van der Waals surface area contributed by atoms with Crippen LogP contribution in [0.5, 0.6) is 0 Å². The second-order valence-electron chi connectivity index (χ2n) is 7.58. The van der Waals surface area contributed by atoms with Crippen LogP contribution >= 0.6 is 0 Å². The second-order valence-corrected chi connectivity index (χ2v) is 9.52. The maximum absolute atomic E-state index is 13.1. The van der Waals surface area contributed by atoms with E-state index in [9.17, 15) is 13.2 Å². The van der Waals surface area contributed by atoms with Gasteiger partial charge >= 0.3 is 0 Å². The third-order valence-electron chi connectivity index (χ3n) is 5.45. The molecule has 1 aliphatic heterocycles. The Labute approximate surface area is 168 Å². The number of nitrogens with zero attached hydrogens (tertiary/aromatic N) is 2. The lowest BCUT2D eigenvalue weighted by Gasteiger charge is -2.43. The van der Waals surface area contributed by atoms with Crippen molar-refractivity contribution in [2.24, 2.45) is 0 Å². The zero-order chi connectivity index (χ0) is 20.3. The third kappa shape index (κ3) is 4.51. The summed E-state index contributed by atoms with van der Waals surface area (Å²) in [5.74, 6) is -0.135. The van der Waals surface area contributed by atoms with E-state index in [1.165, 1.54) is 18.6 Å². The number of hydrogen-bond acceptors (Lipinski definition) is 4. The summed E-state index contributed by atoms with van der Waals surface area (Å²) in [5.41, 5.74) is 1.71. The first kappa shape index (κ1) is 20.7. The van der Waals surface area contributed by atoms with Gasteiger partial charge in [-0.3, -0.25) is 9.69 Å². The largest absolute Gasteiger partial charge is 0.295 e. The molecule has 0 aromatic heterocycles. The highest BCUT2D eigenvalue weighted by Gasteiger charge is 2.36. The van der Waals surface area contributed by atoms with Crippen molar-refractivity contribution >= 4 is 15.8 Å². The average Bonchev–Trinajstić information content (AvgIpc) is 2.68. The molecule has 2 aromatic rings. The SMILES string of the molecule is CC(=O)c1cccc(S(=O)(=O)N2CC(C)N(CCc3ccccc3)C(C)C2)c1. The van der Waals surface area contributed by atoms with Crippen LogP contribution in [0.25, 0.3) is 0 Å². The molecule has 28 heavy (non-hydrogen) atoms. The number of carbonyl (C=O) groups is 1. The van der Waals surface area contributed by atoms with Crippen LogP contribution in [0.2, 0.25) is 0 Å². The number of benzene rings is 2. The Kier molecular flexibility index (Phi) is 6.33. The minimum Gasteiger partial charge on any atom is -0.295 e. The first-order valence-corrected chi connectivity index (χ1v) is 11.1. The molecule has 2 unspecified atom stereocenters. The van der Waals surface area contributed by atoms with Gasteiger partial charge in [-0.05, 0) is 44.9 Å². The van der Waals surface area contributed by atoms with Gasteiger partial charge in [0, 0.05) is 37.3 Å². The van der Waals surface area contributed by atoms with Crippen LogP contribution < -0.4 is 0 Å². The number of ketones is 1. The molecule has 0 bridgehead atoms. The summed E-state index contributed by atoms with van der Waals surface area (Å²) in [6, 6.07) is 16.9. The van der Waals surface area contributed by atoms with Crippen molar-refractivity contribution in [1.82, 2.24) is 9.21 Å². The number of sulfonamides is 1. The summed E-state index contributed by atoms with van der Waals surface area (Å²) in [7, 11) is -3.62. The van der Waals surface area contributed by atoms with Gasteiger partial charge in [-0.2, -0.15) is 4.31 Å². The number of Topliss-reactive ketones (excluding diaryl/α,β-unsaturated/α-hetero) is 1. The van der Waals surface area contributed by atoms with Crippen molar-refractivity contribution in [3.05, 3.63) is 65.7 Å². The number of carbonyl (C=O) groups excluding carboxylic acids is 1. The Balaban J connectivity index is 1.72. The Hall–Kier alpha value is -2.02. The summed E-state index contributed by atoms with van der Waals surface area (Å²) in [5, 5.41) is 0. The molecule has 3 rings (SSSR count). The lowest BCUT2D eigenvalue weighted by atomic mass is 10.1. The van der Waals surface area contributed by atoms with Crippen molar-refractivity contribution in [3.63, 3.8) is 0 Å². The maximum Gasteiger partial charge on any atom is 0.243 e. The number of rotatable bonds is 6. The lowest BCUT2D eigenvalue weighted by molar-refractivity contribution is 0.0783. The molecule has 0 aliphatic carbocycles. The van der Waals surface area contributed by atoms with Crippen LogP contribution in [0, 0.1) is 0 Å². The maximum atomic E-state index is 13.1. The zero-order valence-electron chi connectivity index (χ0n) is 16.7. The Morgan fingerprint density at radius 3 is 2.25 bits per heavy atom. The van der Waals surface area contributed by atoms with Crippen LogP contribution in [-0.4, -0.2) is 55.1 Å². The molecule has 0 radical (unpaired) electrons. The highest BCUT2D eigenvalue weighted by Crippen LogP contribution is 2.24. The van der Waals surface area contributed by atoms with Crippen LogP contribution in [0.3, 0.4) is 0 Å². The molecule has 0 N–H and O–H groups in total. The van der Waals surface area contributed by atoms with Gasteiger partial charge in [-0.15, -0.1) is 0 Å². The van der Waals surface area contributed by atoms with Crippen molar-refractivity contribution in [2.75, 3.05) is 19.6 Å². The van der Waals surface area contributed by atoms with Gasteiger partial charge < -0.3 is 0 Å². The summed E-state index contributed by atoms with van der Waals surface area (Å²) in [6.45, 7) is 7.41. The molecule has 1 heterocycles. The van der Waals surface area contributed by atoms with E-state index in [1.807, 2.05) is 18.2 Å². The molecule has 0 amide bonds. The van der Waals surface area contributed by atoms with Gasteiger partial charge in [0.2, 0.25) is 10.0 Å². The van der Waals surface area contributed by atoms with Gasteiger partial charge in [0.15, 0.2) is 5.78 Å². The van der Waals surface area contributed by atoms with E-state index in [1.54, 1.807) is 22.5 Å². The summed E-state index contributed by atoms with van der Waals surface area (Å²) in [6.07, 6.45) is 0.947. The Morgan fingerprint density at radius 2 is 1.64 bits per heavy atom. The van der Waals surface area contributed by atoms with Crippen LogP contribution in [0.1, 0.15) is 36.7 Å². The van der Waals surface area contributed by atoms with Gasteiger partial charge in [0.05, 0.1) is 4.90 Å². The molecule has 1 saturated heterocycles. The minimum atomic E-state index is -3.62. The predicted molar refractivity (Wildman–Crippen MR) is 111 cm³/mol. The van der Waals surface area contributed by atoms with E-state index in [4.69, 9.17) is 0 Å². The fourth-order valence-electron chi connectivity index (χ4n) is 3.87. The quantitative estimate of drug-likeness (QED) is 0.699. The zero-order valence-corrected chi connectivity index (χ0v) is 17.5. The molecule has 5 nitrogen and oxygen atoms in total. The highest BCUT2D eigenvalue weighted by molar-refractivity contribution is 7.89. The molecular weight excluding hydrogens is 372 g/mol. The summed E-state index contributed by atoms with van der Waals surface area (Å²) in [4.78, 5) is 14.2. The Bertz CT molecular complexity index is 916. The van der Waals surface area contributed by atoms with Gasteiger partial charge in [0.25, 0.3) is 0 Å². The van der Waals surface area contributed by atoms with Gasteiger partial charge in [-0.1, -0.05) is 42.5 Å². The summed E-state index contributed by atoms with van der Waals surface area (Å²) < 4.78 is 27.8. The van der Waals surface area contributed by atoms with E-state index in [-0.39, 0.29) is 22.8 Å². The second kappa shape index (κ2) is 8.55. The predicted octanol–water partition coefficient (Wildman–Crippen LogP) is 3.22. The van der Waals surface area contributed by atoms with Crippen LogP contribution in [-0.2, 0) is 16.4 Å². The van der Waals surface area contributed by atoms with E-state index in [0.29, 0.717) is 18.7 Å². The highest BCUT2D eigenvalue weighted by atomic mass is 32.2. The smallest absolute Gasteiger partial charge is 0.243 e. The van der Waals surface area contributed by atoms with E-state index < -0.39 is 10.0 Å². The van der Waals surface area contributed by atoms with Crippen molar-refractivity contribution in [3.8, 4) is 0 Å². The van der Waals surface area contributed by atoms with E-state index in [0.717, 1.165) is 13.0 Å². The monoisotopic (exact) mass is 400 g/mol. The molecule has 1 aliphatic rings. The lowest BCUT2D eigenvalue weighted by Crippen LogP contribution is -2.58. The number of hydrogen-bond donors (Lipinski definition) is 0. The van der Waals surface area contributed by atoms with Gasteiger partial charge in [-0.25, -0.2) is 8.42 Å². The standard InChI is InChI=1S/C22H28N2O3S/c1-17-15-23(28(26,27)22-11-7-10-21(14-22)19(3)25)16-18(2)24(17)13-12-20-8-5-4-6-9-20/h4-11,14,17-18H,12-13,15-16H2,1-3H3. The van der Waals surface area contributed by atoms with E-state index in [2.05, 4.69) is 30.9 Å². The van der Waals surface area contributed by atoms with Crippen molar-refractivity contribution in [1.29, 1.82) is 0 Å². The third-order valence-corrected chi connectivity index (χ3v) is 7.28. The van der Waals surface area contributed by atoms with E-state index >= 15 is 0 Å². The molecule has 6 heteroatoms. The molecule has 0 spiro atoms. The van der Waals surface area contributed by atoms with Gasteiger partial charge in [0.1, 0.15) is 0 Å². The minimum absolute atomic E-state index is 0.123. The van der Waals surface area contributed by atoms with Crippen LogP contribution in [0.4, 0.5) is 0 Å². The molecule has 2 atom stereocenters. The average molecular weight is 401 g/mol. The fraction of sp³-hybridized carbons (Fsp3) is 0.409. The Morgan fingerprint density at radius 1 is 1.00 bits per heavy atom. The number of piperazine rings is 1. The van der Waals surface area contributed by atoms with Crippen molar-refractivity contribution in [2.45, 2.75) is 44.2 Å². The first-order valence-electron chi connectivity index (χ1n) is 9.70. The summed E-state index contributed by atoms with van der Waals surface area (Å²) >= 11 is 0. The van der Waals surface area contributed by atoms with Crippen LogP contribution in [0.15, 0.2) is 59.5 Å². The molecule has 2 aromatic carbocycles. The topological polar surface area (TPSA) is 57.7 Å². The fourth-order valence-corrected chi connectivity index (χ4v) is 5.52. The molecule has 0 saturated carbocycles. The normalized spacial score (nSPS) is 21.5. The van der Waals surface area contributed by atoms with Crippen molar-refractivity contribution < 1.29 is 13.2 Å².